The van der Waals surface area contributed by atoms with E-state index in [2.05, 4.69) is 58.0 Å². The standard InChI is InChI=1S/C32H31F3N6O2S/c1-20(17-36-30(42)38-31-41(23(4)18-44-31)28-21(2)6-5-7-22(28)3)16-24-8-10-25(11-9-24)29-37-19-40(39-29)26-12-14-27(15-13-26)43-32(33,34)35/h5-15,18-20H,16-17H2,1-4H3,(H,36,42)/b38-31-. The number of hydrogen-bond donors (Lipinski definition) is 1. The van der Waals surface area contributed by atoms with Crippen LogP contribution in [-0.2, 0) is 6.42 Å². The van der Waals surface area contributed by atoms with Crippen molar-refractivity contribution in [1.29, 1.82) is 0 Å². The summed E-state index contributed by atoms with van der Waals surface area (Å²) in [6.45, 7) is 8.64. The molecule has 3 aromatic carbocycles. The number of rotatable bonds is 8. The van der Waals surface area contributed by atoms with Crippen molar-refractivity contribution in [2.45, 2.75) is 40.5 Å². The van der Waals surface area contributed by atoms with Crippen molar-refractivity contribution in [2.75, 3.05) is 6.54 Å². The van der Waals surface area contributed by atoms with Crippen LogP contribution in [-0.4, -0.2) is 38.3 Å². The summed E-state index contributed by atoms with van der Waals surface area (Å²) in [6, 6.07) is 19.0. The summed E-state index contributed by atoms with van der Waals surface area (Å²) >= 11 is 1.44. The minimum absolute atomic E-state index is 0.164. The van der Waals surface area contributed by atoms with Crippen molar-refractivity contribution in [3.8, 4) is 28.5 Å². The van der Waals surface area contributed by atoms with E-state index in [0.717, 1.165) is 40.1 Å². The number of para-hydroxylation sites is 1. The fourth-order valence-electron chi connectivity index (χ4n) is 4.87. The van der Waals surface area contributed by atoms with Crippen LogP contribution in [0.5, 0.6) is 5.75 Å². The van der Waals surface area contributed by atoms with Crippen molar-refractivity contribution in [3.05, 3.63) is 106 Å². The van der Waals surface area contributed by atoms with Crippen molar-refractivity contribution >= 4 is 17.4 Å². The smallest absolute Gasteiger partial charge is 0.406 e. The maximum absolute atomic E-state index is 12.8. The molecule has 2 heterocycles. The molecule has 0 aliphatic heterocycles. The maximum Gasteiger partial charge on any atom is 0.573 e. The van der Waals surface area contributed by atoms with E-state index in [-0.39, 0.29) is 17.7 Å². The number of benzene rings is 3. The third-order valence-electron chi connectivity index (χ3n) is 6.96. The topological polar surface area (TPSA) is 86.3 Å². The molecule has 228 valence electrons. The first-order valence-corrected chi connectivity index (χ1v) is 14.8. The minimum atomic E-state index is -4.75. The van der Waals surface area contributed by atoms with Crippen LogP contribution in [0.25, 0.3) is 22.8 Å². The molecule has 2 aromatic heterocycles. The first-order valence-electron chi connectivity index (χ1n) is 13.9. The number of carbonyl (C=O) groups excluding carboxylic acids is 1. The lowest BCUT2D eigenvalue weighted by Crippen LogP contribution is -2.29. The Labute approximate surface area is 256 Å². The fraction of sp³-hybridized carbons (Fsp3) is 0.250. The number of urea groups is 1. The van der Waals surface area contributed by atoms with Gasteiger partial charge in [-0.2, -0.15) is 4.99 Å². The zero-order chi connectivity index (χ0) is 31.4. The molecule has 1 N–H and O–H groups in total. The second-order valence-corrected chi connectivity index (χ2v) is 11.4. The monoisotopic (exact) mass is 620 g/mol. The van der Waals surface area contributed by atoms with Gasteiger partial charge in [0, 0.05) is 23.2 Å². The number of ether oxygens (including phenoxy) is 1. The number of alkyl halides is 3. The number of hydrogen-bond acceptors (Lipinski definition) is 5. The van der Waals surface area contributed by atoms with Gasteiger partial charge in [0.1, 0.15) is 12.1 Å². The van der Waals surface area contributed by atoms with Crippen LogP contribution in [0.2, 0.25) is 0 Å². The molecule has 0 radical (unpaired) electrons. The van der Waals surface area contributed by atoms with Gasteiger partial charge in [0.05, 0.1) is 11.4 Å². The Kier molecular flexibility index (Phi) is 9.00. The van der Waals surface area contributed by atoms with Gasteiger partial charge in [-0.1, -0.05) is 49.4 Å². The summed E-state index contributed by atoms with van der Waals surface area (Å²) in [4.78, 5) is 22.1. The highest BCUT2D eigenvalue weighted by Crippen LogP contribution is 2.24. The minimum Gasteiger partial charge on any atom is -0.406 e. The third-order valence-corrected chi connectivity index (χ3v) is 7.91. The van der Waals surface area contributed by atoms with Crippen LogP contribution < -0.4 is 14.9 Å². The number of amides is 2. The van der Waals surface area contributed by atoms with Gasteiger partial charge in [-0.25, -0.2) is 14.5 Å². The molecular formula is C32H31F3N6O2S. The second-order valence-electron chi connectivity index (χ2n) is 10.6. The molecule has 1 unspecified atom stereocenters. The summed E-state index contributed by atoms with van der Waals surface area (Å²) in [7, 11) is 0. The van der Waals surface area contributed by atoms with Crippen molar-refractivity contribution < 1.29 is 22.7 Å². The van der Waals surface area contributed by atoms with Gasteiger partial charge in [-0.3, -0.25) is 4.57 Å². The van der Waals surface area contributed by atoms with Gasteiger partial charge in [0.2, 0.25) is 0 Å². The highest BCUT2D eigenvalue weighted by Gasteiger charge is 2.31. The Morgan fingerprint density at radius 1 is 1.02 bits per heavy atom. The fourth-order valence-corrected chi connectivity index (χ4v) is 5.73. The molecule has 5 rings (SSSR count). The molecule has 1 atom stereocenters. The molecule has 0 saturated heterocycles. The molecule has 12 heteroatoms. The van der Waals surface area contributed by atoms with E-state index in [1.165, 1.54) is 46.6 Å². The molecule has 5 aromatic rings. The number of aryl methyl sites for hydroxylation is 3. The summed E-state index contributed by atoms with van der Waals surface area (Å²) < 4.78 is 44.7. The number of nitrogens with one attached hydrogen (secondary N) is 1. The summed E-state index contributed by atoms with van der Waals surface area (Å²) in [6.07, 6.45) is -2.50. The third kappa shape index (κ3) is 7.43. The number of carbonyl (C=O) groups is 1. The van der Waals surface area contributed by atoms with Crippen LogP contribution in [0.4, 0.5) is 18.0 Å². The lowest BCUT2D eigenvalue weighted by atomic mass is 10.00. The zero-order valence-electron chi connectivity index (χ0n) is 24.6. The van der Waals surface area contributed by atoms with E-state index in [1.807, 2.05) is 47.2 Å². The highest BCUT2D eigenvalue weighted by atomic mass is 32.1. The molecule has 0 spiro atoms. The van der Waals surface area contributed by atoms with Crippen LogP contribution in [0.1, 0.15) is 29.3 Å². The van der Waals surface area contributed by atoms with Gasteiger partial charge < -0.3 is 10.1 Å². The average Bonchev–Trinajstić information content (AvgIpc) is 3.60. The summed E-state index contributed by atoms with van der Waals surface area (Å²) in [5, 5.41) is 9.39. The molecule has 0 saturated carbocycles. The number of nitrogens with zero attached hydrogens (tertiary/aromatic N) is 5. The van der Waals surface area contributed by atoms with E-state index in [1.54, 1.807) is 0 Å². The Bertz CT molecular complexity index is 1800. The van der Waals surface area contributed by atoms with E-state index in [0.29, 0.717) is 22.9 Å². The lowest BCUT2D eigenvalue weighted by Gasteiger charge is -2.13. The van der Waals surface area contributed by atoms with Gasteiger partial charge in [0.25, 0.3) is 0 Å². The second kappa shape index (κ2) is 12.9. The SMILES string of the molecule is Cc1cccc(C)c1-n1c(C)cs/c1=N\C(=O)NCC(C)Cc1ccc(-c2ncn(-c3ccc(OC(F)(F)F)cc3)n2)cc1. The first-order chi connectivity index (χ1) is 21.0. The van der Waals surface area contributed by atoms with Crippen molar-refractivity contribution in [1.82, 2.24) is 24.6 Å². The average molecular weight is 621 g/mol. The summed E-state index contributed by atoms with van der Waals surface area (Å²) in [5.74, 6) is 0.341. The van der Waals surface area contributed by atoms with Crippen LogP contribution in [0, 0.1) is 26.7 Å². The predicted octanol–water partition coefficient (Wildman–Crippen LogP) is 7.10. The molecule has 8 nitrogen and oxygen atoms in total. The largest absolute Gasteiger partial charge is 0.573 e. The lowest BCUT2D eigenvalue weighted by molar-refractivity contribution is -0.274. The van der Waals surface area contributed by atoms with Crippen LogP contribution >= 0.6 is 11.3 Å². The Hall–Kier alpha value is -4.71. The van der Waals surface area contributed by atoms with Crippen LogP contribution in [0.15, 0.2) is 83.4 Å². The molecule has 0 aliphatic rings. The normalized spacial score (nSPS) is 12.8. The molecule has 44 heavy (non-hydrogen) atoms. The van der Waals surface area contributed by atoms with Gasteiger partial charge in [0.15, 0.2) is 10.6 Å². The predicted molar refractivity (Wildman–Crippen MR) is 163 cm³/mol. The van der Waals surface area contributed by atoms with Crippen molar-refractivity contribution in [3.63, 3.8) is 0 Å². The first kappa shape index (κ1) is 30.7. The number of halogens is 3. The Morgan fingerprint density at radius 2 is 1.70 bits per heavy atom. The van der Waals surface area contributed by atoms with E-state index in [4.69, 9.17) is 0 Å². The highest BCUT2D eigenvalue weighted by molar-refractivity contribution is 7.07. The molecule has 2 amide bonds. The van der Waals surface area contributed by atoms with Crippen LogP contribution in [0.3, 0.4) is 0 Å². The van der Waals surface area contributed by atoms with E-state index >= 15 is 0 Å². The molecule has 0 aliphatic carbocycles. The van der Waals surface area contributed by atoms with Crippen molar-refractivity contribution in [2.24, 2.45) is 10.9 Å². The zero-order valence-corrected chi connectivity index (χ0v) is 25.4. The van der Waals surface area contributed by atoms with Gasteiger partial charge >= 0.3 is 12.4 Å². The van der Waals surface area contributed by atoms with E-state index < -0.39 is 6.36 Å². The Morgan fingerprint density at radius 3 is 2.36 bits per heavy atom. The summed E-state index contributed by atoms with van der Waals surface area (Å²) in [5.41, 5.74) is 6.74. The van der Waals surface area contributed by atoms with Gasteiger partial charge in [-0.15, -0.1) is 29.6 Å². The van der Waals surface area contributed by atoms with E-state index in [9.17, 15) is 18.0 Å². The molecule has 0 bridgehead atoms. The Balaban J connectivity index is 1.18. The molecule has 0 fully saturated rings. The molecular weight excluding hydrogens is 589 g/mol. The number of aromatic nitrogens is 4. The van der Waals surface area contributed by atoms with Gasteiger partial charge in [-0.05, 0) is 74.1 Å². The quantitative estimate of drug-likeness (QED) is 0.201. The number of thiazole rings is 1. The maximum atomic E-state index is 12.8.